The number of amides is 1. The molecule has 2 fully saturated rings. The molecule has 0 aromatic heterocycles. The number of carbonyl (C=O) groups excluding carboxylic acids is 1. The molecule has 0 atom stereocenters. The second-order valence-electron chi connectivity index (χ2n) is 4.10. The van der Waals surface area contributed by atoms with Crippen LogP contribution in [-0.4, -0.2) is 36.8 Å². The van der Waals surface area contributed by atoms with Crippen molar-refractivity contribution in [1.82, 2.24) is 5.06 Å². The number of carbonyl (C=O) groups is 1. The predicted molar refractivity (Wildman–Crippen MR) is 50.5 cm³/mol. The minimum Gasteiger partial charge on any atom is -0.378 e. The number of methoxy groups -OCH3 is 1. The van der Waals surface area contributed by atoms with Crippen molar-refractivity contribution >= 4 is 5.91 Å². The fraction of sp³-hybridized carbons (Fsp3) is 0.900. The highest BCUT2D eigenvalue weighted by atomic mass is 16.7. The zero-order chi connectivity index (χ0) is 10.0. The van der Waals surface area contributed by atoms with Crippen LogP contribution in [0.5, 0.6) is 0 Å². The number of hydrogen-bond acceptors (Lipinski definition) is 3. The molecular weight excluding hydrogens is 182 g/mol. The Balaban J connectivity index is 1.86. The van der Waals surface area contributed by atoms with Crippen molar-refractivity contribution in [1.29, 1.82) is 0 Å². The number of rotatable bonds is 3. The first-order chi connectivity index (χ1) is 6.76. The first-order valence-corrected chi connectivity index (χ1v) is 5.24. The summed E-state index contributed by atoms with van der Waals surface area (Å²) in [5, 5.41) is 1.49. The van der Waals surface area contributed by atoms with Gasteiger partial charge >= 0.3 is 0 Å². The zero-order valence-electron chi connectivity index (χ0n) is 8.62. The molecule has 0 unspecified atom stereocenters. The van der Waals surface area contributed by atoms with E-state index in [1.165, 1.54) is 11.5 Å². The Kier molecular flexibility index (Phi) is 2.74. The summed E-state index contributed by atoms with van der Waals surface area (Å²) < 4.78 is 5.40. The van der Waals surface area contributed by atoms with Crippen molar-refractivity contribution < 1.29 is 14.4 Å². The highest BCUT2D eigenvalue weighted by Crippen LogP contribution is 2.38. The van der Waals surface area contributed by atoms with Crippen LogP contribution in [0.15, 0.2) is 0 Å². The van der Waals surface area contributed by atoms with Crippen LogP contribution in [0, 0.1) is 0 Å². The Morgan fingerprint density at radius 3 is 2.71 bits per heavy atom. The Bertz CT molecular complexity index is 214. The van der Waals surface area contributed by atoms with E-state index in [1.54, 1.807) is 7.11 Å². The molecule has 1 heterocycles. The van der Waals surface area contributed by atoms with Crippen LogP contribution in [-0.2, 0) is 14.4 Å². The van der Waals surface area contributed by atoms with Crippen LogP contribution in [0.25, 0.3) is 0 Å². The molecule has 0 aromatic carbocycles. The van der Waals surface area contributed by atoms with Crippen molar-refractivity contribution in [2.75, 3.05) is 20.3 Å². The summed E-state index contributed by atoms with van der Waals surface area (Å²) in [7, 11) is 1.69. The van der Waals surface area contributed by atoms with Gasteiger partial charge in [0.2, 0.25) is 5.91 Å². The highest BCUT2D eigenvalue weighted by molar-refractivity contribution is 5.76. The third-order valence-corrected chi connectivity index (χ3v) is 3.20. The number of nitrogens with zero attached hydrogens (tertiary/aromatic N) is 1. The second kappa shape index (κ2) is 3.87. The van der Waals surface area contributed by atoms with Gasteiger partial charge in [-0.05, 0) is 25.7 Å². The van der Waals surface area contributed by atoms with Crippen molar-refractivity contribution in [2.24, 2.45) is 0 Å². The standard InChI is InChI=1S/C10H17NO3/c1-13-10(4-2-5-10)8-9(12)11-6-3-7-14-11/h2-8H2,1H3. The Labute approximate surface area is 84.1 Å². The minimum absolute atomic E-state index is 0.0732. The Hall–Kier alpha value is -0.610. The Morgan fingerprint density at radius 2 is 2.29 bits per heavy atom. The monoisotopic (exact) mass is 199 g/mol. The molecule has 1 saturated carbocycles. The van der Waals surface area contributed by atoms with Crippen LogP contribution >= 0.6 is 0 Å². The maximum Gasteiger partial charge on any atom is 0.249 e. The van der Waals surface area contributed by atoms with Gasteiger partial charge in [-0.3, -0.25) is 9.63 Å². The van der Waals surface area contributed by atoms with E-state index in [2.05, 4.69) is 0 Å². The number of ether oxygens (including phenoxy) is 1. The van der Waals surface area contributed by atoms with Gasteiger partial charge in [0.05, 0.1) is 25.2 Å². The van der Waals surface area contributed by atoms with Gasteiger partial charge < -0.3 is 4.74 Å². The topological polar surface area (TPSA) is 38.8 Å². The van der Waals surface area contributed by atoms with E-state index in [9.17, 15) is 4.79 Å². The summed E-state index contributed by atoms with van der Waals surface area (Å²) >= 11 is 0. The maximum atomic E-state index is 11.7. The van der Waals surface area contributed by atoms with Gasteiger partial charge in [-0.25, -0.2) is 5.06 Å². The molecule has 1 aliphatic carbocycles. The molecule has 14 heavy (non-hydrogen) atoms. The highest BCUT2D eigenvalue weighted by Gasteiger charge is 2.40. The molecule has 2 aliphatic rings. The molecule has 1 amide bonds. The van der Waals surface area contributed by atoms with E-state index < -0.39 is 0 Å². The van der Waals surface area contributed by atoms with Gasteiger partial charge in [0.25, 0.3) is 0 Å². The average Bonchev–Trinajstić information content (AvgIpc) is 2.63. The van der Waals surface area contributed by atoms with E-state index in [1.807, 2.05) is 0 Å². The summed E-state index contributed by atoms with van der Waals surface area (Å²) in [6.45, 7) is 1.41. The smallest absolute Gasteiger partial charge is 0.249 e. The normalized spacial score (nSPS) is 24.8. The molecular formula is C10H17NO3. The van der Waals surface area contributed by atoms with E-state index in [4.69, 9.17) is 9.57 Å². The summed E-state index contributed by atoms with van der Waals surface area (Å²) in [5.41, 5.74) is -0.178. The first kappa shape index (κ1) is 9.93. The molecule has 0 aromatic rings. The predicted octanol–water partition coefficient (Wildman–Crippen LogP) is 1.11. The SMILES string of the molecule is COC1(CC(=O)N2CCCO2)CCC1. The molecule has 0 N–H and O–H groups in total. The number of hydrogen-bond donors (Lipinski definition) is 0. The molecule has 4 heteroatoms. The number of hydroxylamine groups is 2. The quantitative estimate of drug-likeness (QED) is 0.683. The molecule has 4 nitrogen and oxygen atoms in total. The first-order valence-electron chi connectivity index (χ1n) is 5.24. The molecule has 1 aliphatic heterocycles. The van der Waals surface area contributed by atoms with E-state index in [0.29, 0.717) is 13.0 Å². The van der Waals surface area contributed by atoms with Crippen LogP contribution in [0.4, 0.5) is 0 Å². The van der Waals surface area contributed by atoms with E-state index in [-0.39, 0.29) is 11.5 Å². The average molecular weight is 199 g/mol. The Morgan fingerprint density at radius 1 is 1.50 bits per heavy atom. The van der Waals surface area contributed by atoms with Crippen LogP contribution < -0.4 is 0 Å². The lowest BCUT2D eigenvalue weighted by atomic mass is 9.77. The maximum absolute atomic E-state index is 11.7. The van der Waals surface area contributed by atoms with Crippen molar-refractivity contribution in [3.05, 3.63) is 0 Å². The third-order valence-electron chi connectivity index (χ3n) is 3.20. The third kappa shape index (κ3) is 1.77. The van der Waals surface area contributed by atoms with Gasteiger partial charge in [0, 0.05) is 7.11 Å². The molecule has 1 saturated heterocycles. The van der Waals surface area contributed by atoms with Crippen molar-refractivity contribution in [3.63, 3.8) is 0 Å². The van der Waals surface area contributed by atoms with Crippen LogP contribution in [0.3, 0.4) is 0 Å². The fourth-order valence-electron chi connectivity index (χ4n) is 2.03. The summed E-state index contributed by atoms with van der Waals surface area (Å²) in [5.74, 6) is 0.0732. The van der Waals surface area contributed by atoms with Crippen molar-refractivity contribution in [3.8, 4) is 0 Å². The molecule has 0 bridgehead atoms. The van der Waals surface area contributed by atoms with Crippen molar-refractivity contribution in [2.45, 2.75) is 37.7 Å². The van der Waals surface area contributed by atoms with Crippen LogP contribution in [0.1, 0.15) is 32.1 Å². The van der Waals surface area contributed by atoms with Crippen LogP contribution in [0.2, 0.25) is 0 Å². The second-order valence-corrected chi connectivity index (χ2v) is 4.10. The van der Waals surface area contributed by atoms with Gasteiger partial charge in [-0.2, -0.15) is 0 Å². The summed E-state index contributed by atoms with van der Waals surface area (Å²) in [6, 6.07) is 0. The molecule has 0 radical (unpaired) electrons. The van der Waals surface area contributed by atoms with Gasteiger partial charge in [-0.1, -0.05) is 0 Å². The van der Waals surface area contributed by atoms with Gasteiger partial charge in [-0.15, -0.1) is 0 Å². The van der Waals surface area contributed by atoms with Gasteiger partial charge in [0.1, 0.15) is 0 Å². The van der Waals surface area contributed by atoms with E-state index >= 15 is 0 Å². The summed E-state index contributed by atoms with van der Waals surface area (Å²) in [6.07, 6.45) is 4.60. The van der Waals surface area contributed by atoms with Gasteiger partial charge in [0.15, 0.2) is 0 Å². The fourth-order valence-corrected chi connectivity index (χ4v) is 2.03. The lowest BCUT2D eigenvalue weighted by Gasteiger charge is -2.40. The lowest BCUT2D eigenvalue weighted by molar-refractivity contribution is -0.178. The largest absolute Gasteiger partial charge is 0.378 e. The zero-order valence-corrected chi connectivity index (χ0v) is 8.62. The molecule has 2 rings (SSSR count). The lowest BCUT2D eigenvalue weighted by Crippen LogP contribution is -2.44. The molecule has 0 spiro atoms. The van der Waals surface area contributed by atoms with E-state index in [0.717, 1.165) is 25.8 Å². The summed E-state index contributed by atoms with van der Waals surface area (Å²) in [4.78, 5) is 16.9. The minimum atomic E-state index is -0.178. The molecule has 80 valence electrons.